The van der Waals surface area contributed by atoms with Crippen LogP contribution in [0.3, 0.4) is 0 Å². The van der Waals surface area contributed by atoms with Gasteiger partial charge >= 0.3 is 5.97 Å². The van der Waals surface area contributed by atoms with Crippen molar-refractivity contribution < 1.29 is 14.6 Å². The Morgan fingerprint density at radius 1 is 1.43 bits per heavy atom. The van der Waals surface area contributed by atoms with Gasteiger partial charge < -0.3 is 14.7 Å². The highest BCUT2D eigenvalue weighted by molar-refractivity contribution is 5.81. The number of carboxylic acids is 1. The maximum atomic E-state index is 12.1. The van der Waals surface area contributed by atoms with Gasteiger partial charge in [0.05, 0.1) is 6.61 Å². The van der Waals surface area contributed by atoms with Crippen LogP contribution in [0.25, 0.3) is 0 Å². The quantitative estimate of drug-likeness (QED) is 0.718. The zero-order valence-corrected chi connectivity index (χ0v) is 12.7. The summed E-state index contributed by atoms with van der Waals surface area (Å²) < 4.78 is 5.08. The fourth-order valence-corrected chi connectivity index (χ4v) is 2.50. The third-order valence-corrected chi connectivity index (χ3v) is 3.84. The van der Waals surface area contributed by atoms with E-state index in [0.29, 0.717) is 25.7 Å². The topological polar surface area (TPSA) is 61.8 Å². The number of methoxy groups -OCH3 is 1. The van der Waals surface area contributed by atoms with Crippen LogP contribution in [0.1, 0.15) is 18.4 Å². The Morgan fingerprint density at radius 3 is 2.62 bits per heavy atom. The molecule has 0 spiro atoms. The zero-order valence-electron chi connectivity index (χ0n) is 12.7. The molecule has 1 aliphatic carbocycles. The number of nitrogens with one attached hydrogen (secondary N) is 1. The van der Waals surface area contributed by atoms with E-state index in [1.165, 1.54) is 0 Å². The maximum Gasteiger partial charge on any atom is 0.329 e. The first kappa shape index (κ1) is 15.9. The molecule has 2 N–H and O–H groups in total. The minimum absolute atomic E-state index is 0.303. The van der Waals surface area contributed by atoms with E-state index < -0.39 is 11.5 Å². The smallest absolute Gasteiger partial charge is 0.329 e. The van der Waals surface area contributed by atoms with E-state index in [1.54, 1.807) is 7.11 Å². The van der Waals surface area contributed by atoms with Crippen molar-refractivity contribution >= 4 is 5.97 Å². The number of benzene rings is 1. The lowest BCUT2D eigenvalue weighted by Gasteiger charge is -2.35. The summed E-state index contributed by atoms with van der Waals surface area (Å²) in [6.07, 6.45) is 2.09. The molecule has 1 atom stereocenters. The Balaban J connectivity index is 2.24. The second-order valence-corrected chi connectivity index (χ2v) is 5.73. The van der Waals surface area contributed by atoms with Gasteiger partial charge in [-0.15, -0.1) is 0 Å². The van der Waals surface area contributed by atoms with Crippen LogP contribution in [0.2, 0.25) is 0 Å². The van der Waals surface area contributed by atoms with Crippen LogP contribution in [0.15, 0.2) is 30.3 Å². The summed E-state index contributed by atoms with van der Waals surface area (Å²) in [6.45, 7) is 1.70. The Labute approximate surface area is 125 Å². The standard InChI is InChI=1S/C16H24N2O3/c1-18(10-11-21-2)12-16(15(19)20,17-14-8-9-14)13-6-4-3-5-7-13/h3-7,14,17H,8-12H2,1-2H3,(H,19,20). The maximum absolute atomic E-state index is 12.1. The van der Waals surface area contributed by atoms with Gasteiger partial charge in [0, 0.05) is 26.2 Å². The molecule has 0 radical (unpaired) electrons. The monoisotopic (exact) mass is 292 g/mol. The van der Waals surface area contributed by atoms with E-state index in [0.717, 1.165) is 18.4 Å². The Kier molecular flexibility index (Phi) is 5.33. The fraction of sp³-hybridized carbons (Fsp3) is 0.562. The van der Waals surface area contributed by atoms with Crippen molar-refractivity contribution in [2.75, 3.05) is 33.9 Å². The third kappa shape index (κ3) is 4.03. The Bertz CT molecular complexity index is 462. The number of aliphatic carboxylic acids is 1. The lowest BCUT2D eigenvalue weighted by Crippen LogP contribution is -2.57. The van der Waals surface area contributed by atoms with Crippen molar-refractivity contribution in [3.63, 3.8) is 0 Å². The largest absolute Gasteiger partial charge is 0.480 e. The first-order valence-electron chi connectivity index (χ1n) is 7.32. The number of hydrogen-bond acceptors (Lipinski definition) is 4. The normalized spacial score (nSPS) is 17.7. The number of likely N-dealkylation sites (N-methyl/N-ethyl adjacent to an activating group) is 1. The molecule has 0 aliphatic heterocycles. The van der Waals surface area contributed by atoms with Crippen molar-refractivity contribution in [3.8, 4) is 0 Å². The molecule has 0 aromatic heterocycles. The van der Waals surface area contributed by atoms with Gasteiger partial charge in [-0.25, -0.2) is 4.79 Å². The molecule has 1 aliphatic rings. The first-order valence-corrected chi connectivity index (χ1v) is 7.32. The average molecular weight is 292 g/mol. The van der Waals surface area contributed by atoms with Crippen molar-refractivity contribution in [1.29, 1.82) is 0 Å². The molecule has 0 amide bonds. The van der Waals surface area contributed by atoms with Gasteiger partial charge in [-0.3, -0.25) is 5.32 Å². The number of hydrogen-bond donors (Lipinski definition) is 2. The van der Waals surface area contributed by atoms with Gasteiger partial charge in [0.25, 0.3) is 0 Å². The summed E-state index contributed by atoms with van der Waals surface area (Å²) in [5.74, 6) is -0.829. The van der Waals surface area contributed by atoms with Crippen LogP contribution in [-0.4, -0.2) is 55.9 Å². The number of rotatable bonds is 9. The third-order valence-electron chi connectivity index (χ3n) is 3.84. The molecule has 21 heavy (non-hydrogen) atoms. The molecule has 1 aromatic carbocycles. The van der Waals surface area contributed by atoms with Crippen LogP contribution in [0.5, 0.6) is 0 Å². The van der Waals surface area contributed by atoms with Gasteiger partial charge in [0.15, 0.2) is 5.54 Å². The minimum atomic E-state index is -1.06. The molecule has 1 fully saturated rings. The molecule has 0 heterocycles. The highest BCUT2D eigenvalue weighted by Gasteiger charge is 2.44. The Morgan fingerprint density at radius 2 is 2.10 bits per heavy atom. The number of carboxylic acid groups (broad SMARTS) is 1. The summed E-state index contributed by atoms with van der Waals surface area (Å²) in [5, 5.41) is 13.3. The highest BCUT2D eigenvalue weighted by Crippen LogP contribution is 2.30. The first-order chi connectivity index (χ1) is 10.1. The molecule has 0 bridgehead atoms. The van der Waals surface area contributed by atoms with E-state index in [4.69, 9.17) is 4.74 Å². The summed E-state index contributed by atoms with van der Waals surface area (Å²) in [4.78, 5) is 14.1. The average Bonchev–Trinajstić information content (AvgIpc) is 3.29. The fourth-order valence-electron chi connectivity index (χ4n) is 2.50. The summed E-state index contributed by atoms with van der Waals surface area (Å²) in [6, 6.07) is 9.74. The number of ether oxygens (including phenoxy) is 1. The van der Waals surface area contributed by atoms with Crippen molar-refractivity contribution in [2.45, 2.75) is 24.4 Å². The lowest BCUT2D eigenvalue weighted by atomic mass is 9.89. The van der Waals surface area contributed by atoms with Gasteiger partial charge in [-0.1, -0.05) is 30.3 Å². The molecular formula is C16H24N2O3. The molecule has 116 valence electrons. The van der Waals surface area contributed by atoms with Crippen molar-refractivity contribution in [1.82, 2.24) is 10.2 Å². The van der Waals surface area contributed by atoms with Gasteiger partial charge in [-0.2, -0.15) is 0 Å². The van der Waals surface area contributed by atoms with Gasteiger partial charge in [0.2, 0.25) is 0 Å². The lowest BCUT2D eigenvalue weighted by molar-refractivity contribution is -0.146. The molecule has 1 unspecified atom stereocenters. The van der Waals surface area contributed by atoms with Gasteiger partial charge in [0.1, 0.15) is 0 Å². The van der Waals surface area contributed by atoms with Crippen LogP contribution in [-0.2, 0) is 15.1 Å². The summed E-state index contributed by atoms with van der Waals surface area (Å²) in [7, 11) is 3.58. The summed E-state index contributed by atoms with van der Waals surface area (Å²) in [5.41, 5.74) is -0.265. The van der Waals surface area contributed by atoms with Crippen molar-refractivity contribution in [2.24, 2.45) is 0 Å². The number of nitrogens with zero attached hydrogens (tertiary/aromatic N) is 1. The zero-order chi connectivity index (χ0) is 15.3. The predicted octanol–water partition coefficient (Wildman–Crippen LogP) is 1.30. The van der Waals surface area contributed by atoms with Crippen molar-refractivity contribution in [3.05, 3.63) is 35.9 Å². The van der Waals surface area contributed by atoms with E-state index in [1.807, 2.05) is 42.3 Å². The highest BCUT2D eigenvalue weighted by atomic mass is 16.5. The van der Waals surface area contributed by atoms with E-state index in [2.05, 4.69) is 5.32 Å². The van der Waals surface area contributed by atoms with Crippen LogP contribution >= 0.6 is 0 Å². The van der Waals surface area contributed by atoms with E-state index in [-0.39, 0.29) is 0 Å². The predicted molar refractivity (Wildman–Crippen MR) is 81.3 cm³/mol. The minimum Gasteiger partial charge on any atom is -0.480 e. The molecule has 0 saturated heterocycles. The van der Waals surface area contributed by atoms with Crippen LogP contribution < -0.4 is 5.32 Å². The Hall–Kier alpha value is -1.43. The van der Waals surface area contributed by atoms with E-state index in [9.17, 15) is 9.90 Å². The second-order valence-electron chi connectivity index (χ2n) is 5.73. The summed E-state index contributed by atoms with van der Waals surface area (Å²) >= 11 is 0. The van der Waals surface area contributed by atoms with E-state index >= 15 is 0 Å². The molecule has 1 saturated carbocycles. The molecule has 5 nitrogen and oxygen atoms in total. The molecular weight excluding hydrogens is 268 g/mol. The molecule has 1 aromatic rings. The molecule has 5 heteroatoms. The number of carbonyl (C=O) groups is 1. The molecule has 2 rings (SSSR count). The van der Waals surface area contributed by atoms with Crippen LogP contribution in [0, 0.1) is 0 Å². The van der Waals surface area contributed by atoms with Crippen LogP contribution in [0.4, 0.5) is 0 Å². The second kappa shape index (κ2) is 7.02. The SMILES string of the molecule is COCCN(C)CC(NC1CC1)(C(=O)O)c1ccccc1. The van der Waals surface area contributed by atoms with Gasteiger partial charge in [-0.05, 0) is 25.5 Å².